The van der Waals surface area contributed by atoms with E-state index in [0.29, 0.717) is 23.8 Å². The second kappa shape index (κ2) is 7.11. The minimum Gasteiger partial charge on any atom is -0.493 e. The van der Waals surface area contributed by atoms with E-state index < -0.39 is 0 Å². The van der Waals surface area contributed by atoms with Gasteiger partial charge in [0, 0.05) is 12.6 Å². The van der Waals surface area contributed by atoms with Crippen LogP contribution in [0.3, 0.4) is 0 Å². The number of nitrogens with two attached hydrogens (primary N) is 1. The summed E-state index contributed by atoms with van der Waals surface area (Å²) in [6.07, 6.45) is 3.63. The van der Waals surface area contributed by atoms with Crippen molar-refractivity contribution in [2.75, 3.05) is 34.4 Å². The van der Waals surface area contributed by atoms with E-state index in [-0.39, 0.29) is 0 Å². The van der Waals surface area contributed by atoms with Crippen LogP contribution in [0.1, 0.15) is 24.8 Å². The van der Waals surface area contributed by atoms with Crippen LogP contribution < -0.4 is 24.4 Å². The molecule has 0 unspecified atom stereocenters. The van der Waals surface area contributed by atoms with Crippen molar-refractivity contribution in [1.29, 1.82) is 0 Å². The van der Waals surface area contributed by atoms with Gasteiger partial charge in [0.2, 0.25) is 5.75 Å². The van der Waals surface area contributed by atoms with Crippen LogP contribution in [-0.4, -0.2) is 44.4 Å². The molecule has 3 aromatic rings. The average Bonchev–Trinajstić information content (AvgIpc) is 2.81. The molecule has 1 saturated heterocycles. The van der Waals surface area contributed by atoms with Gasteiger partial charge in [0.15, 0.2) is 17.2 Å². The Bertz CT molecular complexity index is 1140. The smallest absolute Gasteiger partial charge is 0.335 e. The van der Waals surface area contributed by atoms with E-state index in [1.807, 2.05) is 6.07 Å². The van der Waals surface area contributed by atoms with E-state index in [2.05, 4.69) is 18.2 Å². The Morgan fingerprint density at radius 3 is 2.40 bits per heavy atom. The summed E-state index contributed by atoms with van der Waals surface area (Å²) in [4.78, 5) is 10.0. The van der Waals surface area contributed by atoms with E-state index in [4.69, 9.17) is 29.9 Å². The number of aromatic nitrogens is 2. The van der Waals surface area contributed by atoms with Crippen molar-refractivity contribution in [1.82, 2.24) is 14.5 Å². The van der Waals surface area contributed by atoms with E-state index in [0.717, 1.165) is 51.2 Å². The molecule has 0 radical (unpaired) electrons. The van der Waals surface area contributed by atoms with Gasteiger partial charge < -0.3 is 19.9 Å². The minimum absolute atomic E-state index is 0.328. The van der Waals surface area contributed by atoms with Gasteiger partial charge in [0.1, 0.15) is 0 Å². The fourth-order valence-corrected chi connectivity index (χ4v) is 5.11. The van der Waals surface area contributed by atoms with Crippen molar-refractivity contribution >= 4 is 22.5 Å². The van der Waals surface area contributed by atoms with Crippen LogP contribution in [0.4, 0.5) is 11.6 Å². The molecule has 3 aliphatic heterocycles. The maximum Gasteiger partial charge on any atom is 0.335 e. The molecule has 1 fully saturated rings. The van der Waals surface area contributed by atoms with Crippen LogP contribution in [0.5, 0.6) is 17.2 Å². The summed E-state index contributed by atoms with van der Waals surface area (Å²) in [6.45, 7) is 2.41. The van der Waals surface area contributed by atoms with Crippen LogP contribution in [-0.2, 0) is 6.54 Å². The third kappa shape index (κ3) is 2.45. The third-order valence-corrected chi connectivity index (χ3v) is 6.48. The Labute approximate surface area is 176 Å². The fourth-order valence-electron chi connectivity index (χ4n) is 5.11. The first-order valence-electron chi connectivity index (χ1n) is 10.4. The Balaban J connectivity index is 1.85. The number of hydrogen-bond donors (Lipinski definition) is 1. The van der Waals surface area contributed by atoms with Crippen molar-refractivity contribution in [3.8, 4) is 28.5 Å². The molecule has 2 aromatic carbocycles. The first kappa shape index (κ1) is 19.1. The fraction of sp³-hybridized carbons (Fsp3) is 0.391. The molecular weight excluding hydrogens is 380 g/mol. The number of ether oxygens (including phenoxy) is 3. The molecular formula is C23H27N4O3+. The predicted molar refractivity (Wildman–Crippen MR) is 118 cm³/mol. The number of nitrogens with zero attached hydrogens (tertiary/aromatic N) is 3. The molecule has 2 N–H and O–H groups in total. The van der Waals surface area contributed by atoms with Gasteiger partial charge in [-0.05, 0) is 37.0 Å². The SMILES string of the molecule is COc1cc(CN)c(-c2nc3nc4cccc(c24)[N+]32CCCCC2)c(OC)c1OC. The summed E-state index contributed by atoms with van der Waals surface area (Å²) in [5, 5.41) is 1.08. The van der Waals surface area contributed by atoms with E-state index in [1.165, 1.54) is 24.9 Å². The number of benzene rings is 2. The number of methoxy groups -OCH3 is 3. The Kier molecular flexibility index (Phi) is 4.52. The van der Waals surface area contributed by atoms with Crippen LogP contribution in [0.15, 0.2) is 24.3 Å². The number of hydrogen-bond acceptors (Lipinski definition) is 6. The van der Waals surface area contributed by atoms with Gasteiger partial charge in [-0.1, -0.05) is 6.07 Å². The highest BCUT2D eigenvalue weighted by atomic mass is 16.5. The molecule has 0 aliphatic carbocycles. The van der Waals surface area contributed by atoms with Crippen molar-refractivity contribution < 1.29 is 14.2 Å². The van der Waals surface area contributed by atoms with Gasteiger partial charge in [-0.3, -0.25) is 0 Å². The highest BCUT2D eigenvalue weighted by Gasteiger charge is 2.45. The van der Waals surface area contributed by atoms with Crippen molar-refractivity contribution in [3.05, 3.63) is 29.8 Å². The van der Waals surface area contributed by atoms with Gasteiger partial charge in [0.25, 0.3) is 0 Å². The molecule has 4 heterocycles. The zero-order chi connectivity index (χ0) is 20.9. The zero-order valence-electron chi connectivity index (χ0n) is 17.7. The van der Waals surface area contributed by atoms with E-state index >= 15 is 0 Å². The number of quaternary nitrogens is 1. The largest absolute Gasteiger partial charge is 0.493 e. The lowest BCUT2D eigenvalue weighted by Gasteiger charge is -2.42. The molecule has 156 valence electrons. The van der Waals surface area contributed by atoms with E-state index in [9.17, 15) is 0 Å². The lowest BCUT2D eigenvalue weighted by Crippen LogP contribution is -2.51. The molecule has 0 amide bonds. The second-order valence-electron chi connectivity index (χ2n) is 7.90. The number of rotatable bonds is 5. The molecule has 1 spiro atoms. The van der Waals surface area contributed by atoms with Gasteiger partial charge >= 0.3 is 5.95 Å². The van der Waals surface area contributed by atoms with Crippen molar-refractivity contribution in [2.24, 2.45) is 5.73 Å². The van der Waals surface area contributed by atoms with Gasteiger partial charge in [-0.25, -0.2) is 4.48 Å². The maximum atomic E-state index is 6.16. The molecule has 7 heteroatoms. The van der Waals surface area contributed by atoms with Crippen molar-refractivity contribution in [3.63, 3.8) is 0 Å². The average molecular weight is 407 g/mol. The van der Waals surface area contributed by atoms with Crippen LogP contribution in [0.25, 0.3) is 22.2 Å². The monoisotopic (exact) mass is 407 g/mol. The standard InChI is InChI=1S/C23H27N4O3/c1-28-17-12-14(13-24)18(22(30-3)21(17)29-2)20-19-15-8-7-9-16(19)27(23(25-15)26-20)10-5-4-6-11-27/h7-9,12H,4-6,10-11,13,24H2,1-3H3/q+1. The van der Waals surface area contributed by atoms with Gasteiger partial charge in [-0.15, -0.1) is 0 Å². The summed E-state index contributed by atoms with van der Waals surface area (Å²) in [7, 11) is 4.86. The normalized spacial score (nSPS) is 16.4. The summed E-state index contributed by atoms with van der Waals surface area (Å²) in [5.41, 5.74) is 11.0. The van der Waals surface area contributed by atoms with E-state index in [1.54, 1.807) is 21.3 Å². The summed E-state index contributed by atoms with van der Waals surface area (Å²) in [6, 6.07) is 8.30. The number of piperidine rings is 1. The second-order valence-corrected chi connectivity index (χ2v) is 7.90. The van der Waals surface area contributed by atoms with Crippen LogP contribution in [0.2, 0.25) is 0 Å². The van der Waals surface area contributed by atoms with Crippen molar-refractivity contribution in [2.45, 2.75) is 25.8 Å². The predicted octanol–water partition coefficient (Wildman–Crippen LogP) is 3.92. The highest BCUT2D eigenvalue weighted by molar-refractivity contribution is 6.06. The zero-order valence-corrected chi connectivity index (χ0v) is 17.7. The van der Waals surface area contributed by atoms with Gasteiger partial charge in [-0.2, -0.15) is 9.97 Å². The molecule has 7 nitrogen and oxygen atoms in total. The quantitative estimate of drug-likeness (QED) is 0.646. The lowest BCUT2D eigenvalue weighted by atomic mass is 9.94. The third-order valence-electron chi connectivity index (χ3n) is 6.48. The molecule has 1 aromatic heterocycles. The lowest BCUT2D eigenvalue weighted by molar-refractivity contribution is 0.301. The summed E-state index contributed by atoms with van der Waals surface area (Å²) < 4.78 is 17.8. The van der Waals surface area contributed by atoms with Crippen LogP contribution >= 0.6 is 0 Å². The molecule has 4 bridgehead atoms. The number of fused-ring (bicyclic) bond motifs is 1. The Morgan fingerprint density at radius 2 is 1.73 bits per heavy atom. The molecule has 3 aliphatic rings. The topological polar surface area (TPSA) is 79.5 Å². The minimum atomic E-state index is 0.328. The first-order valence-corrected chi connectivity index (χ1v) is 10.4. The first-order chi connectivity index (χ1) is 14.7. The summed E-state index contributed by atoms with van der Waals surface area (Å²) >= 11 is 0. The molecule has 0 saturated carbocycles. The summed E-state index contributed by atoms with van der Waals surface area (Å²) in [5.74, 6) is 2.59. The molecule has 6 rings (SSSR count). The van der Waals surface area contributed by atoms with Crippen LogP contribution in [0, 0.1) is 0 Å². The van der Waals surface area contributed by atoms with Gasteiger partial charge in [0.05, 0.1) is 56.6 Å². The highest BCUT2D eigenvalue weighted by Crippen LogP contribution is 2.53. The maximum absolute atomic E-state index is 6.16. The molecule has 30 heavy (non-hydrogen) atoms. The Morgan fingerprint density at radius 1 is 0.967 bits per heavy atom. The molecule has 0 atom stereocenters. The Hall–Kier alpha value is -2.90.